The second-order valence-corrected chi connectivity index (χ2v) is 9.47. The molecular weight excluding hydrogens is 384 g/mol. The summed E-state index contributed by atoms with van der Waals surface area (Å²) < 4.78 is 0. The largest absolute Gasteiger partial charge is 0.480 e. The Morgan fingerprint density at radius 3 is 1.93 bits per heavy atom. The lowest BCUT2D eigenvalue weighted by atomic mass is 9.88. The van der Waals surface area contributed by atoms with Crippen LogP contribution in [0.4, 0.5) is 0 Å². The molecule has 0 aliphatic carbocycles. The predicted octanol–water partition coefficient (Wildman–Crippen LogP) is 0.896. The van der Waals surface area contributed by atoms with E-state index in [1.165, 1.54) is 0 Å². The van der Waals surface area contributed by atoms with Gasteiger partial charge < -0.3 is 31.5 Å². The zero-order chi connectivity index (χ0) is 22.3. The molecule has 1 saturated heterocycles. The quantitative estimate of drug-likeness (QED) is 0.271. The summed E-state index contributed by atoms with van der Waals surface area (Å²) >= 11 is 0. The summed E-state index contributed by atoms with van der Waals surface area (Å²) in [5.41, 5.74) is 0. The molecule has 8 nitrogen and oxygen atoms in total. The number of aliphatic carboxylic acids is 2. The number of hydrogen-bond acceptors (Lipinski definition) is 6. The fourth-order valence-electron chi connectivity index (χ4n) is 4.32. The maximum Gasteiger partial charge on any atom is 0.320 e. The smallest absolute Gasteiger partial charge is 0.320 e. The van der Waals surface area contributed by atoms with E-state index in [4.69, 9.17) is 0 Å². The Kier molecular flexibility index (Phi) is 9.74. The van der Waals surface area contributed by atoms with E-state index < -0.39 is 24.0 Å². The summed E-state index contributed by atoms with van der Waals surface area (Å²) in [5.74, 6) is -0.737. The molecule has 6 atom stereocenters. The Morgan fingerprint density at radius 2 is 1.50 bits per heavy atom. The van der Waals surface area contributed by atoms with Crippen molar-refractivity contribution < 1.29 is 19.8 Å². The predicted molar refractivity (Wildman–Crippen MR) is 117 cm³/mol. The van der Waals surface area contributed by atoms with Gasteiger partial charge in [-0.25, -0.2) is 0 Å². The van der Waals surface area contributed by atoms with Gasteiger partial charge >= 0.3 is 11.9 Å². The van der Waals surface area contributed by atoms with Gasteiger partial charge in [0.1, 0.15) is 12.1 Å². The van der Waals surface area contributed by atoms with Gasteiger partial charge in [0.25, 0.3) is 0 Å². The Labute approximate surface area is 180 Å². The lowest BCUT2D eigenvalue weighted by molar-refractivity contribution is -0.141. The molecule has 0 aromatic rings. The number of nitrogens with one attached hydrogen (secondary N) is 4. The molecule has 0 amide bonds. The summed E-state index contributed by atoms with van der Waals surface area (Å²) in [6, 6.07) is -0.363. The number of hydrogen-bond donors (Lipinski definition) is 6. The van der Waals surface area contributed by atoms with Gasteiger partial charge in [0.05, 0.1) is 0 Å². The summed E-state index contributed by atoms with van der Waals surface area (Å²) in [5, 5.41) is 32.2. The van der Waals surface area contributed by atoms with E-state index in [-0.39, 0.29) is 23.8 Å². The molecule has 0 bridgehead atoms. The molecule has 2 aliphatic heterocycles. The summed E-state index contributed by atoms with van der Waals surface area (Å²) in [6.45, 7) is 10.8. The molecule has 0 aromatic carbocycles. The molecule has 30 heavy (non-hydrogen) atoms. The van der Waals surface area contributed by atoms with Crippen molar-refractivity contribution in [3.05, 3.63) is 12.2 Å². The van der Waals surface area contributed by atoms with Crippen molar-refractivity contribution in [2.24, 2.45) is 23.7 Å². The minimum atomic E-state index is -0.797. The molecule has 2 heterocycles. The van der Waals surface area contributed by atoms with Crippen molar-refractivity contribution in [3.63, 3.8) is 0 Å². The van der Waals surface area contributed by atoms with Crippen LogP contribution in [0.15, 0.2) is 12.2 Å². The van der Waals surface area contributed by atoms with Crippen LogP contribution >= 0.6 is 0 Å². The van der Waals surface area contributed by atoms with Crippen LogP contribution < -0.4 is 21.3 Å². The van der Waals surface area contributed by atoms with Crippen molar-refractivity contribution in [1.82, 2.24) is 21.3 Å². The molecule has 0 saturated carbocycles. The van der Waals surface area contributed by atoms with Gasteiger partial charge in [-0.3, -0.25) is 9.59 Å². The highest BCUT2D eigenvalue weighted by Crippen LogP contribution is 2.19. The molecule has 2 rings (SSSR count). The zero-order valence-electron chi connectivity index (χ0n) is 18.7. The number of piperidine rings is 1. The zero-order valence-corrected chi connectivity index (χ0v) is 18.7. The van der Waals surface area contributed by atoms with Crippen LogP contribution in [0.1, 0.15) is 40.5 Å². The van der Waals surface area contributed by atoms with Crippen molar-refractivity contribution in [2.45, 2.75) is 64.7 Å². The number of rotatable bonds is 11. The van der Waals surface area contributed by atoms with Gasteiger partial charge in [0, 0.05) is 31.1 Å². The minimum absolute atomic E-state index is 0.0518. The van der Waals surface area contributed by atoms with E-state index in [0.29, 0.717) is 18.5 Å². The van der Waals surface area contributed by atoms with Crippen molar-refractivity contribution in [2.75, 3.05) is 26.2 Å². The van der Waals surface area contributed by atoms with E-state index in [1.54, 1.807) is 0 Å². The molecule has 1 fully saturated rings. The average Bonchev–Trinajstić information content (AvgIpc) is 2.68. The summed E-state index contributed by atoms with van der Waals surface area (Å²) in [6.07, 6.45) is 6.52. The van der Waals surface area contributed by atoms with Crippen LogP contribution in [0.25, 0.3) is 0 Å². The topological polar surface area (TPSA) is 123 Å². The SMILES string of the molecule is CC(C)C(NCC1C=CC(C2CCC(CNC(C(=O)O)C(C)C)CN2)NC1)C(=O)O. The van der Waals surface area contributed by atoms with Crippen LogP contribution in [0.5, 0.6) is 0 Å². The molecule has 6 unspecified atom stereocenters. The molecule has 0 spiro atoms. The van der Waals surface area contributed by atoms with Crippen molar-refractivity contribution in [3.8, 4) is 0 Å². The van der Waals surface area contributed by atoms with Gasteiger partial charge in [0.15, 0.2) is 0 Å². The second kappa shape index (κ2) is 11.8. The standard InChI is InChI=1S/C22H40N4O4/c1-13(2)19(21(27)28)25-11-15-5-7-17(23-9-15)18-8-6-16(10-24-18)12-26-20(14(3)4)22(29)30/h5,7,13-20,23-26H,6,8-12H2,1-4H3,(H,27,28)(H,29,30). The van der Waals surface area contributed by atoms with Crippen molar-refractivity contribution in [1.29, 1.82) is 0 Å². The Hall–Kier alpha value is -1.48. The van der Waals surface area contributed by atoms with Crippen LogP contribution in [0, 0.1) is 23.7 Å². The third-order valence-corrected chi connectivity index (χ3v) is 6.29. The lowest BCUT2D eigenvalue weighted by Gasteiger charge is -2.37. The van der Waals surface area contributed by atoms with E-state index in [2.05, 4.69) is 33.4 Å². The average molecular weight is 425 g/mol. The molecule has 6 N–H and O–H groups in total. The van der Waals surface area contributed by atoms with Crippen LogP contribution in [-0.2, 0) is 9.59 Å². The monoisotopic (exact) mass is 424 g/mol. The number of carboxylic acid groups (broad SMARTS) is 2. The first-order valence-electron chi connectivity index (χ1n) is 11.3. The first-order chi connectivity index (χ1) is 14.2. The maximum absolute atomic E-state index is 11.3. The first-order valence-corrected chi connectivity index (χ1v) is 11.3. The molecular formula is C22H40N4O4. The Balaban J connectivity index is 1.72. The summed E-state index contributed by atoms with van der Waals surface area (Å²) in [4.78, 5) is 22.6. The van der Waals surface area contributed by atoms with E-state index in [9.17, 15) is 19.8 Å². The van der Waals surface area contributed by atoms with Gasteiger partial charge in [0.2, 0.25) is 0 Å². The minimum Gasteiger partial charge on any atom is -0.480 e. The highest BCUT2D eigenvalue weighted by atomic mass is 16.4. The maximum atomic E-state index is 11.3. The molecule has 0 radical (unpaired) electrons. The number of carboxylic acids is 2. The molecule has 172 valence electrons. The normalized spacial score (nSPS) is 29.1. The number of carbonyl (C=O) groups is 2. The van der Waals surface area contributed by atoms with Gasteiger partial charge in [-0.15, -0.1) is 0 Å². The first kappa shape index (κ1) is 24.8. The van der Waals surface area contributed by atoms with Gasteiger partial charge in [-0.1, -0.05) is 39.8 Å². The van der Waals surface area contributed by atoms with Crippen LogP contribution in [0.3, 0.4) is 0 Å². The Morgan fingerprint density at radius 1 is 0.900 bits per heavy atom. The highest BCUT2D eigenvalue weighted by Gasteiger charge is 2.29. The third-order valence-electron chi connectivity index (χ3n) is 6.29. The van der Waals surface area contributed by atoms with Crippen LogP contribution in [0.2, 0.25) is 0 Å². The molecule has 8 heteroatoms. The fraction of sp³-hybridized carbons (Fsp3) is 0.818. The highest BCUT2D eigenvalue weighted by molar-refractivity contribution is 5.74. The van der Waals surface area contributed by atoms with Crippen molar-refractivity contribution >= 4 is 11.9 Å². The van der Waals surface area contributed by atoms with Gasteiger partial charge in [-0.05, 0) is 43.7 Å². The van der Waals surface area contributed by atoms with E-state index in [1.807, 2.05) is 27.7 Å². The second-order valence-electron chi connectivity index (χ2n) is 9.47. The summed E-state index contributed by atoms with van der Waals surface area (Å²) in [7, 11) is 0. The van der Waals surface area contributed by atoms with Crippen LogP contribution in [-0.4, -0.2) is 72.5 Å². The fourth-order valence-corrected chi connectivity index (χ4v) is 4.32. The lowest BCUT2D eigenvalue weighted by Crippen LogP contribution is -2.55. The van der Waals surface area contributed by atoms with E-state index >= 15 is 0 Å². The van der Waals surface area contributed by atoms with E-state index in [0.717, 1.165) is 32.5 Å². The molecule has 0 aromatic heterocycles. The van der Waals surface area contributed by atoms with Gasteiger partial charge in [-0.2, -0.15) is 0 Å². The third kappa shape index (κ3) is 7.34. The Bertz CT molecular complexity index is 588. The molecule has 2 aliphatic rings.